The van der Waals surface area contributed by atoms with Gasteiger partial charge in [0.2, 0.25) is 5.78 Å². The van der Waals surface area contributed by atoms with Gasteiger partial charge in [0.25, 0.3) is 0 Å². The van der Waals surface area contributed by atoms with Crippen molar-refractivity contribution in [2.75, 3.05) is 13.7 Å². The SMILES string of the molecule is COc1cnccc1C(=O)C1=CCCCO1. The summed E-state index contributed by atoms with van der Waals surface area (Å²) >= 11 is 0. The number of hydrogen-bond acceptors (Lipinski definition) is 4. The van der Waals surface area contributed by atoms with E-state index in [-0.39, 0.29) is 5.78 Å². The molecule has 0 aromatic carbocycles. The lowest BCUT2D eigenvalue weighted by atomic mass is 10.1. The minimum absolute atomic E-state index is 0.140. The van der Waals surface area contributed by atoms with Crippen molar-refractivity contribution in [2.24, 2.45) is 0 Å². The van der Waals surface area contributed by atoms with Crippen molar-refractivity contribution in [3.05, 3.63) is 35.9 Å². The minimum Gasteiger partial charge on any atom is -0.494 e. The van der Waals surface area contributed by atoms with Gasteiger partial charge in [0.1, 0.15) is 5.75 Å². The van der Waals surface area contributed by atoms with Gasteiger partial charge in [-0.2, -0.15) is 0 Å². The third kappa shape index (κ3) is 2.05. The van der Waals surface area contributed by atoms with Crippen molar-refractivity contribution in [3.63, 3.8) is 0 Å². The molecule has 0 unspecified atom stereocenters. The van der Waals surface area contributed by atoms with Gasteiger partial charge in [-0.1, -0.05) is 0 Å². The first kappa shape index (κ1) is 10.7. The highest BCUT2D eigenvalue weighted by molar-refractivity contribution is 6.09. The van der Waals surface area contributed by atoms with Crippen molar-refractivity contribution in [3.8, 4) is 5.75 Å². The van der Waals surface area contributed by atoms with E-state index < -0.39 is 0 Å². The van der Waals surface area contributed by atoms with E-state index in [1.165, 1.54) is 13.3 Å². The number of rotatable bonds is 3. The van der Waals surface area contributed by atoms with Gasteiger partial charge in [0.05, 0.1) is 25.5 Å². The highest BCUT2D eigenvalue weighted by Crippen LogP contribution is 2.22. The topological polar surface area (TPSA) is 48.4 Å². The molecule has 16 heavy (non-hydrogen) atoms. The molecule has 0 radical (unpaired) electrons. The fourth-order valence-corrected chi connectivity index (χ4v) is 1.58. The van der Waals surface area contributed by atoms with Crippen LogP contribution in [-0.2, 0) is 4.74 Å². The fourth-order valence-electron chi connectivity index (χ4n) is 1.58. The highest BCUT2D eigenvalue weighted by Gasteiger charge is 2.19. The summed E-state index contributed by atoms with van der Waals surface area (Å²) in [5, 5.41) is 0. The molecule has 0 spiro atoms. The van der Waals surface area contributed by atoms with Crippen LogP contribution < -0.4 is 4.74 Å². The second kappa shape index (κ2) is 4.79. The zero-order valence-electron chi connectivity index (χ0n) is 9.10. The minimum atomic E-state index is -0.140. The number of nitrogens with zero attached hydrogens (tertiary/aromatic N) is 1. The zero-order chi connectivity index (χ0) is 11.4. The van der Waals surface area contributed by atoms with Gasteiger partial charge in [0, 0.05) is 6.20 Å². The molecule has 4 nitrogen and oxygen atoms in total. The van der Waals surface area contributed by atoms with Gasteiger partial charge in [-0.3, -0.25) is 9.78 Å². The molecule has 0 aliphatic carbocycles. The number of carbonyl (C=O) groups is 1. The first-order chi connectivity index (χ1) is 7.83. The van der Waals surface area contributed by atoms with E-state index in [0.29, 0.717) is 23.7 Å². The van der Waals surface area contributed by atoms with Crippen molar-refractivity contribution in [1.82, 2.24) is 4.98 Å². The molecular weight excluding hydrogens is 206 g/mol. The maximum absolute atomic E-state index is 12.1. The summed E-state index contributed by atoms with van der Waals surface area (Å²) in [5.41, 5.74) is 0.491. The second-order valence-corrected chi connectivity index (χ2v) is 3.46. The average molecular weight is 219 g/mol. The van der Waals surface area contributed by atoms with E-state index in [1.807, 2.05) is 6.08 Å². The Bertz CT molecular complexity index is 426. The predicted octanol–water partition coefficient (Wildman–Crippen LogP) is 1.97. The van der Waals surface area contributed by atoms with Crippen LogP contribution in [0.2, 0.25) is 0 Å². The van der Waals surface area contributed by atoms with Gasteiger partial charge in [0.15, 0.2) is 5.76 Å². The van der Waals surface area contributed by atoms with Crippen LogP contribution in [0.4, 0.5) is 0 Å². The molecule has 1 aromatic rings. The summed E-state index contributed by atoms with van der Waals surface area (Å²) < 4.78 is 10.4. The third-order valence-electron chi connectivity index (χ3n) is 2.41. The standard InChI is InChI=1S/C12H13NO3/c1-15-11-8-13-6-5-9(11)12(14)10-4-2-3-7-16-10/h4-6,8H,2-3,7H2,1H3. The highest BCUT2D eigenvalue weighted by atomic mass is 16.5. The quantitative estimate of drug-likeness (QED) is 0.729. The van der Waals surface area contributed by atoms with E-state index in [1.54, 1.807) is 12.3 Å². The Labute approximate surface area is 93.9 Å². The monoisotopic (exact) mass is 219 g/mol. The van der Waals surface area contributed by atoms with Gasteiger partial charge in [-0.05, 0) is 25.0 Å². The summed E-state index contributed by atoms with van der Waals surface area (Å²) in [7, 11) is 1.52. The lowest BCUT2D eigenvalue weighted by molar-refractivity contribution is 0.0896. The Hall–Kier alpha value is -1.84. The predicted molar refractivity (Wildman–Crippen MR) is 58.4 cm³/mol. The van der Waals surface area contributed by atoms with Gasteiger partial charge in [-0.25, -0.2) is 0 Å². The summed E-state index contributed by atoms with van der Waals surface area (Å²) in [6, 6.07) is 1.64. The Morgan fingerprint density at radius 2 is 2.44 bits per heavy atom. The van der Waals surface area contributed by atoms with Crippen molar-refractivity contribution in [1.29, 1.82) is 0 Å². The van der Waals surface area contributed by atoms with E-state index in [9.17, 15) is 4.79 Å². The summed E-state index contributed by atoms with van der Waals surface area (Å²) in [5.74, 6) is 0.747. The van der Waals surface area contributed by atoms with Crippen molar-refractivity contribution in [2.45, 2.75) is 12.8 Å². The summed E-state index contributed by atoms with van der Waals surface area (Å²) in [6.45, 7) is 0.602. The lowest BCUT2D eigenvalue weighted by Gasteiger charge is -2.14. The van der Waals surface area contributed by atoms with E-state index in [2.05, 4.69) is 4.98 Å². The van der Waals surface area contributed by atoms with E-state index in [0.717, 1.165) is 12.8 Å². The number of allylic oxidation sites excluding steroid dienone is 2. The van der Waals surface area contributed by atoms with Crippen LogP contribution in [0, 0.1) is 0 Å². The number of aromatic nitrogens is 1. The Kier molecular flexibility index (Phi) is 3.19. The molecule has 2 heterocycles. The number of pyridine rings is 1. The van der Waals surface area contributed by atoms with Gasteiger partial charge < -0.3 is 9.47 Å². The fraction of sp³-hybridized carbons (Fsp3) is 0.333. The van der Waals surface area contributed by atoms with Crippen LogP contribution in [-0.4, -0.2) is 24.5 Å². The Balaban J connectivity index is 2.29. The molecule has 0 bridgehead atoms. The third-order valence-corrected chi connectivity index (χ3v) is 2.41. The van der Waals surface area contributed by atoms with Crippen molar-refractivity contribution < 1.29 is 14.3 Å². The van der Waals surface area contributed by atoms with Crippen LogP contribution in [0.15, 0.2) is 30.3 Å². The molecule has 0 atom stereocenters. The second-order valence-electron chi connectivity index (χ2n) is 3.46. The molecular formula is C12H13NO3. The first-order valence-corrected chi connectivity index (χ1v) is 5.18. The van der Waals surface area contributed by atoms with Crippen molar-refractivity contribution >= 4 is 5.78 Å². The molecule has 0 N–H and O–H groups in total. The number of Topliss-reactive ketones (excluding diaryl/α,β-unsaturated/α-hetero) is 1. The Morgan fingerprint density at radius 1 is 1.56 bits per heavy atom. The average Bonchev–Trinajstić information content (AvgIpc) is 2.39. The number of carbonyl (C=O) groups excluding carboxylic acids is 1. The molecule has 2 rings (SSSR count). The van der Waals surface area contributed by atoms with E-state index >= 15 is 0 Å². The molecule has 4 heteroatoms. The van der Waals surface area contributed by atoms with E-state index in [4.69, 9.17) is 9.47 Å². The molecule has 1 aliphatic rings. The smallest absolute Gasteiger partial charge is 0.231 e. The maximum Gasteiger partial charge on any atom is 0.231 e. The number of methoxy groups -OCH3 is 1. The molecule has 84 valence electrons. The largest absolute Gasteiger partial charge is 0.494 e. The molecule has 0 fully saturated rings. The van der Waals surface area contributed by atoms with Crippen LogP contribution in [0.25, 0.3) is 0 Å². The molecule has 0 saturated heterocycles. The maximum atomic E-state index is 12.1. The molecule has 0 saturated carbocycles. The lowest BCUT2D eigenvalue weighted by Crippen LogP contribution is -2.12. The zero-order valence-corrected chi connectivity index (χ0v) is 9.10. The van der Waals surface area contributed by atoms with Gasteiger partial charge in [-0.15, -0.1) is 0 Å². The van der Waals surface area contributed by atoms with Crippen LogP contribution in [0.1, 0.15) is 23.2 Å². The number of ether oxygens (including phenoxy) is 2. The molecule has 1 aromatic heterocycles. The molecule has 1 aliphatic heterocycles. The number of ketones is 1. The normalized spacial score (nSPS) is 14.9. The first-order valence-electron chi connectivity index (χ1n) is 5.18. The van der Waals surface area contributed by atoms with Crippen LogP contribution in [0.3, 0.4) is 0 Å². The molecule has 0 amide bonds. The summed E-state index contributed by atoms with van der Waals surface area (Å²) in [6.07, 6.45) is 6.76. The summed E-state index contributed by atoms with van der Waals surface area (Å²) in [4.78, 5) is 16.0. The van der Waals surface area contributed by atoms with Crippen LogP contribution in [0.5, 0.6) is 5.75 Å². The van der Waals surface area contributed by atoms with Crippen LogP contribution >= 0.6 is 0 Å². The van der Waals surface area contributed by atoms with Gasteiger partial charge >= 0.3 is 0 Å². The Morgan fingerprint density at radius 3 is 3.12 bits per heavy atom. The number of hydrogen-bond donors (Lipinski definition) is 0.